The summed E-state index contributed by atoms with van der Waals surface area (Å²) >= 11 is 0. The first-order valence-corrected chi connectivity index (χ1v) is 6.29. The van der Waals surface area contributed by atoms with E-state index < -0.39 is 23.5 Å². The summed E-state index contributed by atoms with van der Waals surface area (Å²) in [5.41, 5.74) is 0.315. The summed E-state index contributed by atoms with van der Waals surface area (Å²) in [6.07, 6.45) is -0.933. The Morgan fingerprint density at radius 2 is 1.85 bits per heavy atom. The molecule has 0 fully saturated rings. The molecule has 2 aromatic rings. The van der Waals surface area contributed by atoms with Crippen LogP contribution in [0.1, 0.15) is 28.9 Å². The molecule has 0 amide bonds. The quantitative estimate of drug-likeness (QED) is 0.773. The molecule has 0 aliphatic heterocycles. The van der Waals surface area contributed by atoms with E-state index in [4.69, 9.17) is 4.74 Å². The van der Waals surface area contributed by atoms with E-state index >= 15 is 0 Å². The van der Waals surface area contributed by atoms with Crippen molar-refractivity contribution in [3.8, 4) is 0 Å². The van der Waals surface area contributed by atoms with E-state index in [1.807, 2.05) is 0 Å². The zero-order chi connectivity index (χ0) is 14.5. The Balaban J connectivity index is 2.39. The third-order valence-corrected chi connectivity index (χ3v) is 2.87. The lowest BCUT2D eigenvalue weighted by atomic mass is 9.99. The first-order valence-electron chi connectivity index (χ1n) is 6.29. The normalized spacial score (nSPS) is 12.2. The fourth-order valence-electron chi connectivity index (χ4n) is 1.95. The summed E-state index contributed by atoms with van der Waals surface area (Å²) in [7, 11) is 0. The Bertz CT molecular complexity index is 597. The van der Waals surface area contributed by atoms with Crippen LogP contribution in [0.2, 0.25) is 0 Å². The highest BCUT2D eigenvalue weighted by atomic mass is 19.1. The molecule has 0 bridgehead atoms. The summed E-state index contributed by atoms with van der Waals surface area (Å²) in [4.78, 5) is 12.4. The van der Waals surface area contributed by atoms with Gasteiger partial charge in [0.2, 0.25) is 0 Å². The third kappa shape index (κ3) is 3.08. The van der Waals surface area contributed by atoms with Gasteiger partial charge in [-0.1, -0.05) is 30.3 Å². The van der Waals surface area contributed by atoms with Crippen LogP contribution in [-0.4, -0.2) is 12.4 Å². The maximum Gasteiger partial charge on any atom is 0.199 e. The maximum atomic E-state index is 13.7. The van der Waals surface area contributed by atoms with Crippen molar-refractivity contribution in [2.75, 3.05) is 6.61 Å². The molecule has 0 aliphatic rings. The zero-order valence-electron chi connectivity index (χ0n) is 11.0. The second-order valence-corrected chi connectivity index (χ2v) is 4.23. The van der Waals surface area contributed by atoms with Gasteiger partial charge in [-0.15, -0.1) is 0 Å². The summed E-state index contributed by atoms with van der Waals surface area (Å²) < 4.78 is 32.3. The minimum absolute atomic E-state index is 0.294. The Hall–Kier alpha value is -2.07. The van der Waals surface area contributed by atoms with E-state index in [1.165, 1.54) is 0 Å². The number of ether oxygens (including phenoxy) is 1. The van der Waals surface area contributed by atoms with E-state index in [-0.39, 0.29) is 5.56 Å². The average molecular weight is 276 g/mol. The van der Waals surface area contributed by atoms with E-state index in [1.54, 1.807) is 37.3 Å². The van der Waals surface area contributed by atoms with Gasteiger partial charge in [0.05, 0.1) is 5.56 Å². The topological polar surface area (TPSA) is 26.3 Å². The van der Waals surface area contributed by atoms with E-state index in [2.05, 4.69) is 0 Å². The average Bonchev–Trinajstić information content (AvgIpc) is 2.47. The van der Waals surface area contributed by atoms with Crippen molar-refractivity contribution in [1.82, 2.24) is 0 Å². The molecular formula is C16H14F2O2. The number of hydrogen-bond acceptors (Lipinski definition) is 2. The minimum Gasteiger partial charge on any atom is -0.366 e. The molecule has 1 unspecified atom stereocenters. The molecule has 2 rings (SSSR count). The number of hydrogen-bond donors (Lipinski definition) is 0. The molecule has 104 valence electrons. The second-order valence-electron chi connectivity index (χ2n) is 4.23. The fourth-order valence-corrected chi connectivity index (χ4v) is 1.95. The lowest BCUT2D eigenvalue weighted by Crippen LogP contribution is -2.18. The van der Waals surface area contributed by atoms with Crippen molar-refractivity contribution in [3.05, 3.63) is 71.3 Å². The number of carbonyl (C=O) groups is 1. The lowest BCUT2D eigenvalue weighted by molar-refractivity contribution is 0.0448. The molecule has 0 saturated carbocycles. The number of Topliss-reactive ketones (excluding diaryl/α,β-unsaturated/α-hetero) is 1. The highest BCUT2D eigenvalue weighted by Gasteiger charge is 2.25. The number of halogens is 2. The molecule has 0 aromatic heterocycles. The highest BCUT2D eigenvalue weighted by molar-refractivity contribution is 6.00. The molecule has 2 aromatic carbocycles. The molecule has 1 atom stereocenters. The summed E-state index contributed by atoms with van der Waals surface area (Å²) in [5, 5.41) is 0. The van der Waals surface area contributed by atoms with E-state index in [9.17, 15) is 13.6 Å². The van der Waals surface area contributed by atoms with Crippen molar-refractivity contribution in [1.29, 1.82) is 0 Å². The second kappa shape index (κ2) is 6.39. The van der Waals surface area contributed by atoms with Crippen LogP contribution in [0.25, 0.3) is 0 Å². The van der Waals surface area contributed by atoms with Gasteiger partial charge < -0.3 is 4.74 Å². The first kappa shape index (κ1) is 14.3. The number of ketones is 1. The van der Waals surface area contributed by atoms with Crippen LogP contribution in [0.5, 0.6) is 0 Å². The minimum atomic E-state index is -0.933. The lowest BCUT2D eigenvalue weighted by Gasteiger charge is -2.16. The molecule has 0 N–H and O–H groups in total. The third-order valence-electron chi connectivity index (χ3n) is 2.87. The zero-order valence-corrected chi connectivity index (χ0v) is 11.0. The van der Waals surface area contributed by atoms with Gasteiger partial charge in [-0.25, -0.2) is 8.78 Å². The van der Waals surface area contributed by atoms with Gasteiger partial charge in [-0.2, -0.15) is 0 Å². The summed E-state index contributed by atoms with van der Waals surface area (Å²) in [5.74, 6) is -2.00. The van der Waals surface area contributed by atoms with Gasteiger partial charge >= 0.3 is 0 Å². The van der Waals surface area contributed by atoms with Gasteiger partial charge in [-0.05, 0) is 30.7 Å². The van der Waals surface area contributed by atoms with Gasteiger partial charge in [0.15, 0.2) is 5.78 Å². The number of benzene rings is 2. The van der Waals surface area contributed by atoms with Crippen molar-refractivity contribution in [2.45, 2.75) is 13.0 Å². The van der Waals surface area contributed by atoms with Crippen LogP contribution in [0.4, 0.5) is 8.78 Å². The molecule has 0 aliphatic carbocycles. The van der Waals surface area contributed by atoms with Crippen molar-refractivity contribution in [3.63, 3.8) is 0 Å². The Labute approximate surface area is 116 Å². The van der Waals surface area contributed by atoms with Crippen LogP contribution in [0, 0.1) is 11.6 Å². The Kier molecular flexibility index (Phi) is 4.58. The molecule has 20 heavy (non-hydrogen) atoms. The van der Waals surface area contributed by atoms with Crippen LogP contribution in [0.15, 0.2) is 48.5 Å². The standard InChI is InChI=1S/C16H14F2O2/c1-2-20-16(11-6-4-3-5-7-11)15(19)13-10-12(17)8-9-14(13)18/h3-10,16H,2H2,1H3. The van der Waals surface area contributed by atoms with Crippen LogP contribution in [-0.2, 0) is 4.74 Å². The van der Waals surface area contributed by atoms with Crippen LogP contribution >= 0.6 is 0 Å². The predicted octanol–water partition coefficient (Wildman–Crippen LogP) is 3.93. The molecule has 0 heterocycles. The first-order chi connectivity index (χ1) is 9.63. The number of carbonyl (C=O) groups excluding carboxylic acids is 1. The van der Waals surface area contributed by atoms with E-state index in [0.717, 1.165) is 18.2 Å². The molecule has 2 nitrogen and oxygen atoms in total. The van der Waals surface area contributed by atoms with Gasteiger partial charge in [0.25, 0.3) is 0 Å². The van der Waals surface area contributed by atoms with Crippen LogP contribution in [0.3, 0.4) is 0 Å². The molecule has 0 radical (unpaired) electrons. The smallest absolute Gasteiger partial charge is 0.199 e. The molecule has 0 saturated heterocycles. The van der Waals surface area contributed by atoms with E-state index in [0.29, 0.717) is 12.2 Å². The maximum absolute atomic E-state index is 13.7. The molecule has 4 heteroatoms. The Morgan fingerprint density at radius 3 is 2.50 bits per heavy atom. The van der Waals surface area contributed by atoms with Gasteiger partial charge in [0.1, 0.15) is 17.7 Å². The Morgan fingerprint density at radius 1 is 1.15 bits per heavy atom. The van der Waals surface area contributed by atoms with Gasteiger partial charge in [0, 0.05) is 6.61 Å². The summed E-state index contributed by atoms with van der Waals surface area (Å²) in [6, 6.07) is 11.6. The summed E-state index contributed by atoms with van der Waals surface area (Å²) in [6.45, 7) is 2.04. The molecule has 0 spiro atoms. The monoisotopic (exact) mass is 276 g/mol. The highest BCUT2D eigenvalue weighted by Crippen LogP contribution is 2.24. The van der Waals surface area contributed by atoms with Crippen molar-refractivity contribution < 1.29 is 18.3 Å². The SMILES string of the molecule is CCOC(C(=O)c1cc(F)ccc1F)c1ccccc1. The van der Waals surface area contributed by atoms with Crippen LogP contribution < -0.4 is 0 Å². The largest absolute Gasteiger partial charge is 0.366 e. The van der Waals surface area contributed by atoms with Crippen molar-refractivity contribution in [2.24, 2.45) is 0 Å². The number of rotatable bonds is 5. The van der Waals surface area contributed by atoms with Crippen molar-refractivity contribution >= 4 is 5.78 Å². The van der Waals surface area contributed by atoms with Gasteiger partial charge in [-0.3, -0.25) is 4.79 Å². The molecular weight excluding hydrogens is 262 g/mol. The predicted molar refractivity (Wildman–Crippen MR) is 71.5 cm³/mol. The fraction of sp³-hybridized carbons (Fsp3) is 0.188.